The number of nitrogens with zero attached hydrogens (tertiary/aromatic N) is 1. The van der Waals surface area contributed by atoms with Gasteiger partial charge in [0, 0.05) is 4.92 Å². The summed E-state index contributed by atoms with van der Waals surface area (Å²) in [5.41, 5.74) is 0. The second-order valence-electron chi connectivity index (χ2n) is 1.35. The molecular weight excluding hydrogens is 130 g/mol. The van der Waals surface area contributed by atoms with Crippen molar-refractivity contribution >= 4 is 5.97 Å². The van der Waals surface area contributed by atoms with E-state index in [1.165, 1.54) is 0 Å². The average Bonchev–Trinajstić information content (AvgIpc) is 1.63. The van der Waals surface area contributed by atoms with E-state index in [9.17, 15) is 20.0 Å². The highest BCUT2D eigenvalue weighted by molar-refractivity contribution is 5.69. The molecule has 0 amide bonds. The van der Waals surface area contributed by atoms with Crippen molar-refractivity contribution in [2.45, 2.75) is 6.10 Å². The number of hydrogen-bond acceptors (Lipinski definition) is 5. The van der Waals surface area contributed by atoms with Crippen molar-refractivity contribution in [3.63, 3.8) is 0 Å². The third kappa shape index (κ3) is 3.42. The van der Waals surface area contributed by atoms with Crippen LogP contribution in [0.1, 0.15) is 0 Å². The van der Waals surface area contributed by atoms with Crippen molar-refractivity contribution in [3.8, 4) is 0 Å². The van der Waals surface area contributed by atoms with E-state index >= 15 is 0 Å². The van der Waals surface area contributed by atoms with Crippen LogP contribution >= 0.6 is 0 Å². The van der Waals surface area contributed by atoms with Crippen LogP contribution in [0.2, 0.25) is 0 Å². The Morgan fingerprint density at radius 3 is 2.33 bits per heavy atom. The maximum absolute atomic E-state index is 9.57. The van der Waals surface area contributed by atoms with Crippen LogP contribution in [0.3, 0.4) is 0 Å². The standard InChI is InChI=1S/C3H5NO5/c5-2(3(6)7)1-4(8)9/h2,5H,1H2,(H,6,7)/p-1. The van der Waals surface area contributed by atoms with Crippen molar-refractivity contribution in [1.29, 1.82) is 0 Å². The van der Waals surface area contributed by atoms with E-state index in [2.05, 4.69) is 0 Å². The molecule has 6 heteroatoms. The maximum atomic E-state index is 9.57. The van der Waals surface area contributed by atoms with Gasteiger partial charge in [0.2, 0.25) is 6.54 Å². The molecule has 0 bridgehead atoms. The van der Waals surface area contributed by atoms with E-state index in [-0.39, 0.29) is 0 Å². The van der Waals surface area contributed by atoms with Crippen LogP contribution in [-0.4, -0.2) is 28.6 Å². The zero-order chi connectivity index (χ0) is 7.44. The first-order chi connectivity index (χ1) is 4.04. The molecule has 6 nitrogen and oxygen atoms in total. The number of hydrogen-bond donors (Lipinski definition) is 1. The fraction of sp³-hybridized carbons (Fsp3) is 0.667. The molecule has 52 valence electrons. The maximum Gasteiger partial charge on any atom is 0.234 e. The van der Waals surface area contributed by atoms with Gasteiger partial charge in [-0.05, 0) is 0 Å². The van der Waals surface area contributed by atoms with Gasteiger partial charge in [-0.1, -0.05) is 0 Å². The van der Waals surface area contributed by atoms with Crippen molar-refractivity contribution in [1.82, 2.24) is 0 Å². The van der Waals surface area contributed by atoms with E-state index in [1.54, 1.807) is 0 Å². The van der Waals surface area contributed by atoms with Crippen LogP contribution in [0.5, 0.6) is 0 Å². The molecule has 0 saturated carbocycles. The summed E-state index contributed by atoms with van der Waals surface area (Å²) in [6, 6.07) is 0. The summed E-state index contributed by atoms with van der Waals surface area (Å²) in [4.78, 5) is 18.1. The Bertz CT molecular complexity index is 132. The van der Waals surface area contributed by atoms with E-state index in [0.717, 1.165) is 0 Å². The summed E-state index contributed by atoms with van der Waals surface area (Å²) < 4.78 is 0. The first kappa shape index (κ1) is 7.83. The van der Waals surface area contributed by atoms with E-state index in [4.69, 9.17) is 5.11 Å². The minimum Gasteiger partial charge on any atom is -0.547 e. The second kappa shape index (κ2) is 2.98. The van der Waals surface area contributed by atoms with Gasteiger partial charge in [-0.2, -0.15) is 0 Å². The minimum atomic E-state index is -2.00. The molecule has 0 fully saturated rings. The Kier molecular flexibility index (Phi) is 2.59. The van der Waals surface area contributed by atoms with Crippen LogP contribution in [0, 0.1) is 10.1 Å². The van der Waals surface area contributed by atoms with Crippen LogP contribution < -0.4 is 5.11 Å². The fourth-order valence-corrected chi connectivity index (χ4v) is 0.216. The van der Waals surface area contributed by atoms with Gasteiger partial charge in [0.25, 0.3) is 0 Å². The number of carboxylic acid groups (broad SMARTS) is 1. The van der Waals surface area contributed by atoms with Crippen LogP contribution in [0.4, 0.5) is 0 Å². The fourth-order valence-electron chi connectivity index (χ4n) is 0.216. The minimum absolute atomic E-state index is 0.930. The number of nitro groups is 1. The third-order valence-electron chi connectivity index (χ3n) is 0.594. The Balaban J connectivity index is 3.63. The number of rotatable bonds is 3. The summed E-state index contributed by atoms with van der Waals surface area (Å²) in [6.45, 7) is -1.01. The Hall–Kier alpha value is -1.17. The van der Waals surface area contributed by atoms with E-state index in [0.29, 0.717) is 0 Å². The number of carbonyl (C=O) groups is 1. The Morgan fingerprint density at radius 2 is 2.22 bits per heavy atom. The van der Waals surface area contributed by atoms with E-state index in [1.807, 2.05) is 0 Å². The smallest absolute Gasteiger partial charge is 0.234 e. The lowest BCUT2D eigenvalue weighted by atomic mass is 10.4. The molecule has 0 radical (unpaired) electrons. The van der Waals surface area contributed by atoms with Crippen LogP contribution in [-0.2, 0) is 4.79 Å². The summed E-state index contributed by atoms with van der Waals surface area (Å²) in [6.07, 6.45) is -2.00. The van der Waals surface area contributed by atoms with Gasteiger partial charge in [-0.3, -0.25) is 10.1 Å². The van der Waals surface area contributed by atoms with Crippen molar-refractivity contribution in [2.24, 2.45) is 0 Å². The summed E-state index contributed by atoms with van der Waals surface area (Å²) in [7, 11) is 0. The van der Waals surface area contributed by atoms with Gasteiger partial charge in [0.05, 0.1) is 5.97 Å². The average molecular weight is 134 g/mol. The first-order valence-electron chi connectivity index (χ1n) is 2.04. The number of aliphatic carboxylic acids is 1. The lowest BCUT2D eigenvalue weighted by Gasteiger charge is -2.04. The van der Waals surface area contributed by atoms with Gasteiger partial charge in [0.1, 0.15) is 0 Å². The zero-order valence-electron chi connectivity index (χ0n) is 4.31. The van der Waals surface area contributed by atoms with Crippen molar-refractivity contribution in [3.05, 3.63) is 10.1 Å². The quantitative estimate of drug-likeness (QED) is 0.336. The topological polar surface area (TPSA) is 104 Å². The highest BCUT2D eigenvalue weighted by Gasteiger charge is 2.10. The number of carbonyl (C=O) groups excluding carboxylic acids is 1. The number of aliphatic hydroxyl groups excluding tert-OH is 1. The first-order valence-corrected chi connectivity index (χ1v) is 2.04. The summed E-state index contributed by atoms with van der Waals surface area (Å²) in [5, 5.41) is 27.2. The largest absolute Gasteiger partial charge is 0.547 e. The molecule has 0 aliphatic carbocycles. The molecule has 0 aromatic rings. The van der Waals surface area contributed by atoms with Crippen molar-refractivity contribution in [2.75, 3.05) is 6.54 Å². The number of carboxylic acids is 1. The molecule has 1 atom stereocenters. The SMILES string of the molecule is O=C([O-])C(O)C[N+](=O)[O-]. The Morgan fingerprint density at radius 1 is 1.78 bits per heavy atom. The monoisotopic (exact) mass is 134 g/mol. The molecule has 0 aromatic heterocycles. The van der Waals surface area contributed by atoms with Crippen LogP contribution in [0.15, 0.2) is 0 Å². The molecule has 1 N–H and O–H groups in total. The summed E-state index contributed by atoms with van der Waals surface area (Å²) in [5.74, 6) is -1.83. The third-order valence-corrected chi connectivity index (χ3v) is 0.594. The van der Waals surface area contributed by atoms with Gasteiger partial charge < -0.3 is 15.0 Å². The highest BCUT2D eigenvalue weighted by Crippen LogP contribution is 1.79. The van der Waals surface area contributed by atoms with Gasteiger partial charge >= 0.3 is 0 Å². The molecule has 0 aromatic carbocycles. The molecule has 1 unspecified atom stereocenters. The van der Waals surface area contributed by atoms with Gasteiger partial charge in [0.15, 0.2) is 6.10 Å². The molecule has 0 aliphatic rings. The van der Waals surface area contributed by atoms with Crippen molar-refractivity contribution < 1.29 is 19.9 Å². The lowest BCUT2D eigenvalue weighted by Crippen LogP contribution is -2.39. The number of aliphatic hydroxyl groups is 1. The van der Waals surface area contributed by atoms with E-state index < -0.39 is 23.5 Å². The normalized spacial score (nSPS) is 12.6. The molecule has 0 spiro atoms. The van der Waals surface area contributed by atoms with Crippen LogP contribution in [0.25, 0.3) is 0 Å². The predicted molar refractivity (Wildman–Crippen MR) is 22.9 cm³/mol. The highest BCUT2D eigenvalue weighted by atomic mass is 16.6. The molecule has 0 aliphatic heterocycles. The summed E-state index contributed by atoms with van der Waals surface area (Å²) >= 11 is 0. The lowest BCUT2D eigenvalue weighted by molar-refractivity contribution is -0.491. The molecule has 9 heavy (non-hydrogen) atoms. The molecule has 0 rings (SSSR count). The second-order valence-corrected chi connectivity index (χ2v) is 1.35. The molecular formula is C3H4NO5-. The molecule has 0 heterocycles. The Labute approximate surface area is 49.9 Å². The zero-order valence-corrected chi connectivity index (χ0v) is 4.31. The molecule has 0 saturated heterocycles. The van der Waals surface area contributed by atoms with Gasteiger partial charge in [-0.15, -0.1) is 0 Å². The van der Waals surface area contributed by atoms with Gasteiger partial charge in [-0.25, -0.2) is 0 Å². The predicted octanol–water partition coefficient (Wildman–Crippen LogP) is -2.63.